The Kier molecular flexibility index (Phi) is 5.32. The maximum atomic E-state index is 10.9. The van der Waals surface area contributed by atoms with Crippen LogP contribution in [0, 0.1) is 10.1 Å². The number of para-hydroxylation sites is 1. The minimum Gasteiger partial charge on any atom is -0.385 e. The first-order chi connectivity index (χ1) is 10.2. The van der Waals surface area contributed by atoms with Crippen LogP contribution in [0.25, 0.3) is 0 Å². The van der Waals surface area contributed by atoms with Gasteiger partial charge < -0.3 is 5.32 Å². The third-order valence-corrected chi connectivity index (χ3v) is 3.40. The van der Waals surface area contributed by atoms with E-state index in [0.717, 1.165) is 24.1 Å². The van der Waals surface area contributed by atoms with Crippen LogP contribution >= 0.6 is 0 Å². The van der Waals surface area contributed by atoms with Crippen molar-refractivity contribution in [3.05, 3.63) is 69.8 Å². The normalized spacial score (nSPS) is 10.3. The van der Waals surface area contributed by atoms with E-state index in [4.69, 9.17) is 0 Å². The molecule has 0 spiro atoms. The topological polar surface area (TPSA) is 55.2 Å². The number of benzene rings is 2. The van der Waals surface area contributed by atoms with Crippen LogP contribution in [0.3, 0.4) is 0 Å². The first-order valence-electron chi connectivity index (χ1n) is 7.26. The van der Waals surface area contributed by atoms with Gasteiger partial charge in [0.2, 0.25) is 0 Å². The molecule has 0 fully saturated rings. The van der Waals surface area contributed by atoms with Gasteiger partial charge in [-0.2, -0.15) is 0 Å². The van der Waals surface area contributed by atoms with Crippen LogP contribution < -0.4 is 5.32 Å². The van der Waals surface area contributed by atoms with Crippen molar-refractivity contribution < 1.29 is 4.92 Å². The zero-order chi connectivity index (χ0) is 15.1. The Balaban J connectivity index is 1.91. The van der Waals surface area contributed by atoms with Gasteiger partial charge in [0.25, 0.3) is 5.69 Å². The molecule has 0 amide bonds. The van der Waals surface area contributed by atoms with Gasteiger partial charge in [-0.1, -0.05) is 43.7 Å². The number of nitrogens with one attached hydrogen (secondary N) is 1. The fourth-order valence-electron chi connectivity index (χ4n) is 2.32. The molecule has 0 unspecified atom stereocenters. The standard InChI is InChI=1S/C17H20N2O2/c1-2-5-14-8-10-16(11-9-14)18-13-12-15-6-3-4-7-17(15)19(20)21/h3-4,6-11,18H,2,5,12-13H2,1H3. The summed E-state index contributed by atoms with van der Waals surface area (Å²) in [5.41, 5.74) is 3.34. The molecule has 0 saturated carbocycles. The molecule has 0 aliphatic heterocycles. The highest BCUT2D eigenvalue weighted by Crippen LogP contribution is 2.18. The summed E-state index contributed by atoms with van der Waals surface area (Å²) in [6.07, 6.45) is 2.87. The quantitative estimate of drug-likeness (QED) is 0.612. The molecule has 2 aromatic rings. The lowest BCUT2D eigenvalue weighted by molar-refractivity contribution is -0.385. The number of aryl methyl sites for hydroxylation is 1. The molecule has 0 aromatic heterocycles. The number of nitro groups is 1. The lowest BCUT2D eigenvalue weighted by atomic mass is 10.1. The lowest BCUT2D eigenvalue weighted by Crippen LogP contribution is -2.06. The first-order valence-corrected chi connectivity index (χ1v) is 7.26. The van der Waals surface area contributed by atoms with Crippen LogP contribution in [0.15, 0.2) is 48.5 Å². The molecule has 2 aromatic carbocycles. The fraction of sp³-hybridized carbons (Fsp3) is 0.294. The maximum absolute atomic E-state index is 10.9. The van der Waals surface area contributed by atoms with Crippen LogP contribution in [-0.4, -0.2) is 11.5 Å². The first kappa shape index (κ1) is 15.0. The summed E-state index contributed by atoms with van der Waals surface area (Å²) >= 11 is 0. The summed E-state index contributed by atoms with van der Waals surface area (Å²) in [4.78, 5) is 10.6. The second-order valence-corrected chi connectivity index (χ2v) is 5.01. The van der Waals surface area contributed by atoms with Gasteiger partial charge in [0.05, 0.1) is 4.92 Å². The Morgan fingerprint density at radius 1 is 1.05 bits per heavy atom. The third kappa shape index (κ3) is 4.31. The largest absolute Gasteiger partial charge is 0.385 e. The molecule has 4 heteroatoms. The van der Waals surface area contributed by atoms with Crippen molar-refractivity contribution in [3.8, 4) is 0 Å². The Hall–Kier alpha value is -2.36. The number of hydrogen-bond acceptors (Lipinski definition) is 3. The summed E-state index contributed by atoms with van der Waals surface area (Å²) in [6, 6.07) is 15.3. The highest BCUT2D eigenvalue weighted by atomic mass is 16.6. The van der Waals surface area contributed by atoms with Gasteiger partial charge in [0, 0.05) is 23.9 Å². The van der Waals surface area contributed by atoms with Crippen molar-refractivity contribution in [1.29, 1.82) is 0 Å². The molecule has 4 nitrogen and oxygen atoms in total. The molecular weight excluding hydrogens is 264 g/mol. The van der Waals surface area contributed by atoms with Crippen molar-refractivity contribution >= 4 is 11.4 Å². The number of hydrogen-bond donors (Lipinski definition) is 1. The van der Waals surface area contributed by atoms with E-state index in [9.17, 15) is 10.1 Å². The van der Waals surface area contributed by atoms with Gasteiger partial charge >= 0.3 is 0 Å². The molecular formula is C17H20N2O2. The molecule has 0 aliphatic carbocycles. The van der Waals surface area contributed by atoms with E-state index in [1.54, 1.807) is 12.1 Å². The number of rotatable bonds is 7. The Morgan fingerprint density at radius 3 is 2.43 bits per heavy atom. The predicted molar refractivity (Wildman–Crippen MR) is 85.7 cm³/mol. The number of nitrogens with zero attached hydrogens (tertiary/aromatic N) is 1. The molecule has 2 rings (SSSR count). The van der Waals surface area contributed by atoms with E-state index in [1.165, 1.54) is 5.56 Å². The van der Waals surface area contributed by atoms with E-state index >= 15 is 0 Å². The maximum Gasteiger partial charge on any atom is 0.272 e. The smallest absolute Gasteiger partial charge is 0.272 e. The van der Waals surface area contributed by atoms with Gasteiger partial charge in [-0.3, -0.25) is 10.1 Å². The summed E-state index contributed by atoms with van der Waals surface area (Å²) in [5.74, 6) is 0. The molecule has 0 atom stereocenters. The monoisotopic (exact) mass is 284 g/mol. The summed E-state index contributed by atoms with van der Waals surface area (Å²) in [5, 5.41) is 14.2. The van der Waals surface area contributed by atoms with Gasteiger partial charge in [-0.15, -0.1) is 0 Å². The van der Waals surface area contributed by atoms with Gasteiger partial charge in [-0.25, -0.2) is 0 Å². The summed E-state index contributed by atoms with van der Waals surface area (Å²) < 4.78 is 0. The van der Waals surface area contributed by atoms with E-state index in [0.29, 0.717) is 13.0 Å². The summed E-state index contributed by atoms with van der Waals surface area (Å²) in [7, 11) is 0. The van der Waals surface area contributed by atoms with Crippen molar-refractivity contribution in [3.63, 3.8) is 0 Å². The molecule has 0 radical (unpaired) electrons. The highest BCUT2D eigenvalue weighted by molar-refractivity contribution is 5.45. The predicted octanol–water partition coefficient (Wildman–Crippen LogP) is 4.20. The van der Waals surface area contributed by atoms with Crippen LogP contribution in [0.5, 0.6) is 0 Å². The fourth-order valence-corrected chi connectivity index (χ4v) is 2.32. The molecule has 0 saturated heterocycles. The van der Waals surface area contributed by atoms with Crippen LogP contribution in [0.1, 0.15) is 24.5 Å². The molecule has 0 heterocycles. The third-order valence-electron chi connectivity index (χ3n) is 3.40. The lowest BCUT2D eigenvalue weighted by Gasteiger charge is -2.08. The minimum absolute atomic E-state index is 0.192. The average molecular weight is 284 g/mol. The Bertz CT molecular complexity index is 594. The van der Waals surface area contributed by atoms with E-state index in [1.807, 2.05) is 12.1 Å². The van der Waals surface area contributed by atoms with Crippen LogP contribution in [0.4, 0.5) is 11.4 Å². The Morgan fingerprint density at radius 2 is 1.76 bits per heavy atom. The van der Waals surface area contributed by atoms with Gasteiger partial charge in [0.15, 0.2) is 0 Å². The Labute approximate surface area is 125 Å². The second kappa shape index (κ2) is 7.43. The number of anilines is 1. The zero-order valence-electron chi connectivity index (χ0n) is 12.2. The second-order valence-electron chi connectivity index (χ2n) is 5.01. The van der Waals surface area contributed by atoms with Crippen molar-refractivity contribution in [1.82, 2.24) is 0 Å². The zero-order valence-corrected chi connectivity index (χ0v) is 12.2. The van der Waals surface area contributed by atoms with E-state index in [-0.39, 0.29) is 10.6 Å². The molecule has 21 heavy (non-hydrogen) atoms. The number of nitro benzene ring substituents is 1. The van der Waals surface area contributed by atoms with Gasteiger partial charge in [0.1, 0.15) is 0 Å². The van der Waals surface area contributed by atoms with Gasteiger partial charge in [-0.05, 0) is 30.5 Å². The SMILES string of the molecule is CCCc1ccc(NCCc2ccccc2[N+](=O)[O-])cc1. The molecule has 110 valence electrons. The van der Waals surface area contributed by atoms with E-state index < -0.39 is 0 Å². The van der Waals surface area contributed by atoms with Crippen molar-refractivity contribution in [2.75, 3.05) is 11.9 Å². The summed E-state index contributed by atoms with van der Waals surface area (Å²) in [6.45, 7) is 2.84. The molecule has 0 aliphatic rings. The van der Waals surface area contributed by atoms with Crippen molar-refractivity contribution in [2.24, 2.45) is 0 Å². The average Bonchev–Trinajstić information content (AvgIpc) is 2.50. The molecule has 1 N–H and O–H groups in total. The van der Waals surface area contributed by atoms with Crippen molar-refractivity contribution in [2.45, 2.75) is 26.2 Å². The van der Waals surface area contributed by atoms with Crippen LogP contribution in [0.2, 0.25) is 0 Å². The van der Waals surface area contributed by atoms with E-state index in [2.05, 4.69) is 36.5 Å². The minimum atomic E-state index is -0.325. The molecule has 0 bridgehead atoms. The van der Waals surface area contributed by atoms with Crippen LogP contribution in [-0.2, 0) is 12.8 Å². The highest BCUT2D eigenvalue weighted by Gasteiger charge is 2.11.